The van der Waals surface area contributed by atoms with Crippen LogP contribution in [0.1, 0.15) is 23.2 Å². The number of hydrogen-bond donors (Lipinski definition) is 2. The van der Waals surface area contributed by atoms with Gasteiger partial charge in [0.15, 0.2) is 0 Å². The predicted molar refractivity (Wildman–Crippen MR) is 72.0 cm³/mol. The van der Waals surface area contributed by atoms with Gasteiger partial charge >= 0.3 is 5.97 Å². The number of esters is 1. The summed E-state index contributed by atoms with van der Waals surface area (Å²) in [6, 6.07) is 3.26. The van der Waals surface area contributed by atoms with Crippen molar-refractivity contribution in [3.05, 3.63) is 29.6 Å². The minimum atomic E-state index is -0.611. The zero-order valence-electron chi connectivity index (χ0n) is 11.2. The first-order valence-corrected chi connectivity index (χ1v) is 6.72. The molecule has 1 aromatic rings. The second kappa shape index (κ2) is 6.67. The van der Waals surface area contributed by atoms with E-state index in [1.807, 2.05) is 0 Å². The Morgan fingerprint density at radius 2 is 2.15 bits per heavy atom. The largest absolute Gasteiger partial charge is 0.507 e. The van der Waals surface area contributed by atoms with Crippen LogP contribution in [0.15, 0.2) is 18.2 Å². The van der Waals surface area contributed by atoms with Gasteiger partial charge in [-0.3, -0.25) is 0 Å². The Morgan fingerprint density at radius 1 is 1.45 bits per heavy atom. The van der Waals surface area contributed by atoms with Crippen molar-refractivity contribution in [3.8, 4) is 5.75 Å². The van der Waals surface area contributed by atoms with E-state index in [-0.39, 0.29) is 11.7 Å². The van der Waals surface area contributed by atoms with Crippen LogP contribution in [0.5, 0.6) is 5.75 Å². The smallest absolute Gasteiger partial charge is 0.342 e. The molecular formula is C14H19FN2O3. The summed E-state index contributed by atoms with van der Waals surface area (Å²) in [6.45, 7) is 3.14. The van der Waals surface area contributed by atoms with Gasteiger partial charge in [0.2, 0.25) is 0 Å². The number of halogens is 1. The van der Waals surface area contributed by atoms with E-state index in [0.717, 1.165) is 44.6 Å². The molecule has 0 aromatic heterocycles. The summed E-state index contributed by atoms with van der Waals surface area (Å²) in [5, 5.41) is 9.54. The number of piperidine rings is 1. The molecule has 0 radical (unpaired) electrons. The van der Waals surface area contributed by atoms with E-state index in [9.17, 15) is 14.3 Å². The number of likely N-dealkylation sites (tertiary alicyclic amines) is 1. The molecule has 0 atom stereocenters. The predicted octanol–water partition coefficient (Wildman–Crippen LogP) is 1.11. The highest BCUT2D eigenvalue weighted by atomic mass is 19.1. The van der Waals surface area contributed by atoms with E-state index >= 15 is 0 Å². The Kier molecular flexibility index (Phi) is 4.92. The number of phenols is 1. The van der Waals surface area contributed by atoms with Crippen LogP contribution >= 0.6 is 0 Å². The molecule has 5 nitrogen and oxygen atoms in total. The number of carbonyl (C=O) groups excluding carboxylic acids is 1. The Morgan fingerprint density at radius 3 is 2.75 bits per heavy atom. The average molecular weight is 282 g/mol. The van der Waals surface area contributed by atoms with Crippen LogP contribution in [-0.2, 0) is 4.74 Å². The minimum absolute atomic E-state index is 0.00390. The van der Waals surface area contributed by atoms with Gasteiger partial charge in [-0.25, -0.2) is 9.18 Å². The maximum absolute atomic E-state index is 12.9. The topological polar surface area (TPSA) is 75.8 Å². The van der Waals surface area contributed by atoms with Gasteiger partial charge in [0.1, 0.15) is 23.2 Å². The molecule has 3 N–H and O–H groups in total. The molecule has 1 heterocycles. The van der Waals surface area contributed by atoms with Crippen molar-refractivity contribution in [3.63, 3.8) is 0 Å². The van der Waals surface area contributed by atoms with Gasteiger partial charge in [-0.15, -0.1) is 0 Å². The molecule has 110 valence electrons. The van der Waals surface area contributed by atoms with E-state index in [4.69, 9.17) is 10.5 Å². The third kappa shape index (κ3) is 3.68. The number of hydrogen-bond acceptors (Lipinski definition) is 5. The van der Waals surface area contributed by atoms with E-state index in [2.05, 4.69) is 4.90 Å². The second-order valence-electron chi connectivity index (χ2n) is 4.90. The average Bonchev–Trinajstić information content (AvgIpc) is 2.41. The van der Waals surface area contributed by atoms with Crippen LogP contribution in [0, 0.1) is 5.82 Å². The van der Waals surface area contributed by atoms with Gasteiger partial charge in [0, 0.05) is 32.2 Å². The van der Waals surface area contributed by atoms with Crippen molar-refractivity contribution in [2.45, 2.75) is 18.9 Å². The number of nitrogens with two attached hydrogens (primary N) is 1. The molecule has 20 heavy (non-hydrogen) atoms. The SMILES string of the molecule is NCCN1CCC(OC(=O)c2ccc(F)cc2O)CC1. The maximum atomic E-state index is 12.9. The van der Waals surface area contributed by atoms with Gasteiger partial charge < -0.3 is 20.5 Å². The molecule has 1 aliphatic heterocycles. The molecule has 6 heteroatoms. The summed E-state index contributed by atoms with van der Waals surface area (Å²) in [5.41, 5.74) is 5.49. The molecule has 0 aliphatic carbocycles. The minimum Gasteiger partial charge on any atom is -0.507 e. The van der Waals surface area contributed by atoms with Gasteiger partial charge in [0.05, 0.1) is 0 Å². The summed E-state index contributed by atoms with van der Waals surface area (Å²) in [7, 11) is 0. The number of rotatable bonds is 4. The highest BCUT2D eigenvalue weighted by molar-refractivity contribution is 5.92. The summed E-state index contributed by atoms with van der Waals surface area (Å²) in [6.07, 6.45) is 1.32. The fourth-order valence-corrected chi connectivity index (χ4v) is 2.33. The highest BCUT2D eigenvalue weighted by Gasteiger charge is 2.23. The third-order valence-corrected chi connectivity index (χ3v) is 3.43. The second-order valence-corrected chi connectivity index (χ2v) is 4.90. The molecule has 1 saturated heterocycles. The molecule has 1 fully saturated rings. The van der Waals surface area contributed by atoms with Crippen molar-refractivity contribution in [2.75, 3.05) is 26.2 Å². The number of aromatic hydroxyl groups is 1. The molecule has 0 unspecified atom stereocenters. The zero-order valence-corrected chi connectivity index (χ0v) is 11.2. The maximum Gasteiger partial charge on any atom is 0.342 e. The van der Waals surface area contributed by atoms with Crippen molar-refractivity contribution in [2.24, 2.45) is 5.73 Å². The van der Waals surface area contributed by atoms with Gasteiger partial charge in [-0.05, 0) is 25.0 Å². The monoisotopic (exact) mass is 282 g/mol. The Bertz CT molecular complexity index is 473. The molecule has 1 aromatic carbocycles. The van der Waals surface area contributed by atoms with Crippen molar-refractivity contribution >= 4 is 5.97 Å². The Labute approximate surface area is 117 Å². The van der Waals surface area contributed by atoms with Gasteiger partial charge in [-0.1, -0.05) is 0 Å². The van der Waals surface area contributed by atoms with E-state index < -0.39 is 17.5 Å². The van der Waals surface area contributed by atoms with Gasteiger partial charge in [0.25, 0.3) is 0 Å². The normalized spacial score (nSPS) is 17.1. The van der Waals surface area contributed by atoms with Crippen LogP contribution in [0.3, 0.4) is 0 Å². The number of ether oxygens (including phenoxy) is 1. The number of phenolic OH excluding ortho intramolecular Hbond substituents is 1. The fourth-order valence-electron chi connectivity index (χ4n) is 2.33. The van der Waals surface area contributed by atoms with Crippen molar-refractivity contribution in [1.82, 2.24) is 4.90 Å². The summed E-state index contributed by atoms with van der Waals surface area (Å²) in [4.78, 5) is 14.1. The summed E-state index contributed by atoms with van der Waals surface area (Å²) >= 11 is 0. The highest BCUT2D eigenvalue weighted by Crippen LogP contribution is 2.21. The lowest BCUT2D eigenvalue weighted by atomic mass is 10.1. The number of benzene rings is 1. The Balaban J connectivity index is 1.89. The number of nitrogens with zero attached hydrogens (tertiary/aromatic N) is 1. The molecule has 0 bridgehead atoms. The van der Waals surface area contributed by atoms with E-state index in [1.54, 1.807) is 0 Å². The lowest BCUT2D eigenvalue weighted by Crippen LogP contribution is -2.40. The molecular weight excluding hydrogens is 263 g/mol. The number of carbonyl (C=O) groups is 1. The molecule has 2 rings (SSSR count). The van der Waals surface area contributed by atoms with Gasteiger partial charge in [-0.2, -0.15) is 0 Å². The van der Waals surface area contributed by atoms with Crippen molar-refractivity contribution in [1.29, 1.82) is 0 Å². The van der Waals surface area contributed by atoms with E-state index in [0.29, 0.717) is 6.54 Å². The van der Waals surface area contributed by atoms with Crippen LogP contribution in [0.2, 0.25) is 0 Å². The molecule has 0 amide bonds. The van der Waals surface area contributed by atoms with Crippen LogP contribution in [0.25, 0.3) is 0 Å². The first-order chi connectivity index (χ1) is 9.60. The first-order valence-electron chi connectivity index (χ1n) is 6.72. The summed E-state index contributed by atoms with van der Waals surface area (Å²) < 4.78 is 18.2. The molecule has 1 aliphatic rings. The lowest BCUT2D eigenvalue weighted by molar-refractivity contribution is 0.0114. The van der Waals surface area contributed by atoms with Crippen LogP contribution in [-0.4, -0.2) is 48.3 Å². The summed E-state index contributed by atoms with van der Waals surface area (Å²) in [5.74, 6) is -1.59. The third-order valence-electron chi connectivity index (χ3n) is 3.43. The standard InChI is InChI=1S/C14H19FN2O3/c15-10-1-2-12(13(18)9-10)14(19)20-11-3-6-17(7-4-11)8-5-16/h1-2,9,11,18H,3-8,16H2. The fraction of sp³-hybridized carbons (Fsp3) is 0.500. The quantitative estimate of drug-likeness (QED) is 0.809. The lowest BCUT2D eigenvalue weighted by Gasteiger charge is -2.31. The van der Waals surface area contributed by atoms with Crippen LogP contribution in [0.4, 0.5) is 4.39 Å². The van der Waals surface area contributed by atoms with E-state index in [1.165, 1.54) is 6.07 Å². The van der Waals surface area contributed by atoms with Crippen LogP contribution < -0.4 is 5.73 Å². The van der Waals surface area contributed by atoms with Crippen molar-refractivity contribution < 1.29 is 19.0 Å². The Hall–Kier alpha value is -1.66. The molecule has 0 spiro atoms. The first kappa shape index (κ1) is 14.7. The molecule has 0 saturated carbocycles. The zero-order chi connectivity index (χ0) is 14.5.